The molecule has 8 heteroatoms. The van der Waals surface area contributed by atoms with Crippen molar-refractivity contribution in [1.29, 1.82) is 0 Å². The van der Waals surface area contributed by atoms with Gasteiger partial charge in [0.05, 0.1) is 23.2 Å². The number of rotatable bonds is 5. The molecule has 0 aliphatic carbocycles. The summed E-state index contributed by atoms with van der Waals surface area (Å²) in [5.74, 6) is 0. The van der Waals surface area contributed by atoms with E-state index in [-0.39, 0.29) is 5.56 Å². The second-order valence-electron chi connectivity index (χ2n) is 7.60. The number of ether oxygens (including phenoxy) is 1. The minimum Gasteiger partial charge on any atom is -0.443 e. The molecule has 152 valence electrons. The molecule has 7 nitrogen and oxygen atoms in total. The highest BCUT2D eigenvalue weighted by Gasteiger charge is 2.16. The molecule has 0 radical (unpaired) electrons. The number of nitrogens with zero attached hydrogens (tertiary/aromatic N) is 2. The topological polar surface area (TPSA) is 85.2 Å². The van der Waals surface area contributed by atoms with E-state index in [2.05, 4.69) is 14.5 Å². The van der Waals surface area contributed by atoms with Gasteiger partial charge in [0.15, 0.2) is 0 Å². The zero-order valence-corrected chi connectivity index (χ0v) is 17.7. The van der Waals surface area contributed by atoms with Crippen LogP contribution in [0.2, 0.25) is 0 Å². The second-order valence-corrected chi connectivity index (χ2v) is 8.22. The van der Waals surface area contributed by atoms with Crippen molar-refractivity contribution in [3.63, 3.8) is 0 Å². The number of aryl methyl sites for hydroxylation is 1. The van der Waals surface area contributed by atoms with Crippen LogP contribution in [0.4, 0.5) is 10.5 Å². The maximum Gasteiger partial charge on any atom is 0.419 e. The summed E-state index contributed by atoms with van der Waals surface area (Å²) in [4.78, 5) is 23.9. The molecule has 0 unspecified atom stereocenters. The largest absolute Gasteiger partial charge is 0.443 e. The molecule has 0 aliphatic rings. The highest BCUT2D eigenvalue weighted by molar-refractivity contribution is 7.99. The van der Waals surface area contributed by atoms with E-state index in [0.29, 0.717) is 11.8 Å². The van der Waals surface area contributed by atoms with Crippen molar-refractivity contribution in [2.75, 3.05) is 4.72 Å². The first-order valence-electron chi connectivity index (χ1n) is 9.17. The number of hydrogen-bond acceptors (Lipinski definition) is 6. The van der Waals surface area contributed by atoms with Crippen LogP contribution < -0.4 is 15.0 Å². The zero-order chi connectivity index (χ0) is 21.0. The molecule has 1 heterocycles. The lowest BCUT2D eigenvalue weighted by molar-refractivity contribution is 0.0575. The Bertz CT molecular complexity index is 1070. The number of fused-ring (bicyclic) bond motifs is 1. The van der Waals surface area contributed by atoms with Crippen LogP contribution in [0.15, 0.2) is 53.3 Å². The van der Waals surface area contributed by atoms with Gasteiger partial charge >= 0.3 is 6.09 Å². The first-order chi connectivity index (χ1) is 13.7. The predicted molar refractivity (Wildman–Crippen MR) is 117 cm³/mol. The summed E-state index contributed by atoms with van der Waals surface area (Å²) in [7, 11) is 1.67. The van der Waals surface area contributed by atoms with E-state index >= 15 is 0 Å². The Morgan fingerprint density at radius 3 is 2.41 bits per heavy atom. The number of benzene rings is 2. The summed E-state index contributed by atoms with van der Waals surface area (Å²) in [5.41, 5.74) is 2.12. The summed E-state index contributed by atoms with van der Waals surface area (Å²) < 4.78 is 12.2. The van der Waals surface area contributed by atoms with Gasteiger partial charge in [0.25, 0.3) is 5.56 Å². The number of anilines is 1. The first-order valence-corrected chi connectivity index (χ1v) is 9.99. The highest BCUT2D eigenvalue weighted by atomic mass is 32.2. The molecule has 3 aromatic rings. The van der Waals surface area contributed by atoms with Gasteiger partial charge in [-0.15, -0.1) is 0 Å². The minimum absolute atomic E-state index is 0.0987. The number of aromatic nitrogens is 2. The number of hydrogen-bond donors (Lipinski definition) is 2. The van der Waals surface area contributed by atoms with Gasteiger partial charge in [0.1, 0.15) is 5.60 Å². The van der Waals surface area contributed by atoms with Crippen molar-refractivity contribution < 1.29 is 9.53 Å². The predicted octanol–water partition coefficient (Wildman–Crippen LogP) is 4.02. The Kier molecular flexibility index (Phi) is 6.12. The minimum atomic E-state index is -0.536. The van der Waals surface area contributed by atoms with E-state index in [1.54, 1.807) is 7.05 Å². The van der Waals surface area contributed by atoms with Crippen LogP contribution >= 0.6 is 12.1 Å². The lowest BCUT2D eigenvalue weighted by Gasteiger charge is -2.19. The van der Waals surface area contributed by atoms with Crippen LogP contribution in [-0.4, -0.2) is 21.5 Å². The molecule has 2 aromatic carbocycles. The van der Waals surface area contributed by atoms with Gasteiger partial charge in [-0.25, -0.2) is 14.2 Å². The quantitative estimate of drug-likeness (QED) is 0.616. The highest BCUT2D eigenvalue weighted by Crippen LogP contribution is 2.19. The summed E-state index contributed by atoms with van der Waals surface area (Å²) in [5, 5.41) is 5.98. The molecule has 1 aromatic heterocycles. The fraction of sp³-hybridized carbons (Fsp3) is 0.286. The summed E-state index contributed by atoms with van der Waals surface area (Å²) in [6, 6.07) is 15.3. The van der Waals surface area contributed by atoms with Crippen molar-refractivity contribution >= 4 is 34.7 Å². The molecular weight excluding hydrogens is 388 g/mol. The zero-order valence-electron chi connectivity index (χ0n) is 16.9. The molecule has 0 bridgehead atoms. The Balaban J connectivity index is 1.65. The lowest BCUT2D eigenvalue weighted by Crippen LogP contribution is -2.29. The van der Waals surface area contributed by atoms with Crippen LogP contribution in [0.3, 0.4) is 0 Å². The average molecular weight is 413 g/mol. The van der Waals surface area contributed by atoms with Crippen molar-refractivity contribution in [3.05, 3.63) is 70.1 Å². The molecule has 0 saturated heterocycles. The standard InChI is InChI=1S/C21H24N4O3S/c1-21(2,3)28-20(27)24-29-23-15-11-9-14(10-12-15)13-18-16-7-5-6-8-17(16)19(26)25(4)22-18/h5-12,23H,13H2,1-4H3,(H,24,27). The van der Waals surface area contributed by atoms with E-state index in [1.165, 1.54) is 4.68 Å². The van der Waals surface area contributed by atoms with Gasteiger partial charge in [0, 0.05) is 24.5 Å². The van der Waals surface area contributed by atoms with Gasteiger partial charge in [-0.2, -0.15) is 5.10 Å². The maximum absolute atomic E-state index is 12.3. The van der Waals surface area contributed by atoms with E-state index in [0.717, 1.165) is 34.5 Å². The van der Waals surface area contributed by atoms with Crippen molar-refractivity contribution in [2.24, 2.45) is 7.05 Å². The van der Waals surface area contributed by atoms with Crippen molar-refractivity contribution in [1.82, 2.24) is 14.5 Å². The molecule has 0 atom stereocenters. The van der Waals surface area contributed by atoms with Crippen LogP contribution in [-0.2, 0) is 18.2 Å². The molecule has 3 rings (SSSR count). The molecule has 0 spiro atoms. The Hall–Kier alpha value is -3.00. The summed E-state index contributed by atoms with van der Waals surface area (Å²) in [6.07, 6.45) is 0.109. The van der Waals surface area contributed by atoms with E-state index in [4.69, 9.17) is 4.74 Å². The second kappa shape index (κ2) is 8.57. The van der Waals surface area contributed by atoms with Crippen LogP contribution in [0, 0.1) is 0 Å². The molecule has 29 heavy (non-hydrogen) atoms. The van der Waals surface area contributed by atoms with Crippen molar-refractivity contribution in [3.8, 4) is 0 Å². The van der Waals surface area contributed by atoms with E-state index < -0.39 is 11.7 Å². The molecule has 0 saturated carbocycles. The molecule has 0 aliphatic heterocycles. The third-order valence-corrected chi connectivity index (χ3v) is 4.67. The Morgan fingerprint density at radius 2 is 1.76 bits per heavy atom. The van der Waals surface area contributed by atoms with Gasteiger partial charge in [0.2, 0.25) is 0 Å². The van der Waals surface area contributed by atoms with Crippen LogP contribution in [0.25, 0.3) is 10.8 Å². The van der Waals surface area contributed by atoms with Crippen LogP contribution in [0.1, 0.15) is 32.0 Å². The molecule has 0 fully saturated rings. The Morgan fingerprint density at radius 1 is 1.10 bits per heavy atom. The molecular formula is C21H24N4O3S. The van der Waals surface area contributed by atoms with Gasteiger partial charge in [-0.3, -0.25) is 4.79 Å². The normalized spacial score (nSPS) is 11.3. The molecule has 1 amide bonds. The average Bonchev–Trinajstić information content (AvgIpc) is 2.66. The summed E-state index contributed by atoms with van der Waals surface area (Å²) in [6.45, 7) is 5.43. The maximum atomic E-state index is 12.3. The van der Waals surface area contributed by atoms with Gasteiger partial charge < -0.3 is 9.46 Å². The number of carbonyl (C=O) groups is 1. The van der Waals surface area contributed by atoms with Crippen molar-refractivity contribution in [2.45, 2.75) is 32.8 Å². The molecule has 2 N–H and O–H groups in total. The number of nitrogens with one attached hydrogen (secondary N) is 2. The third-order valence-electron chi connectivity index (χ3n) is 4.06. The van der Waals surface area contributed by atoms with E-state index in [1.807, 2.05) is 69.3 Å². The Labute approximate surface area is 173 Å². The monoisotopic (exact) mass is 412 g/mol. The third kappa shape index (κ3) is 5.51. The lowest BCUT2D eigenvalue weighted by atomic mass is 10.0. The van der Waals surface area contributed by atoms with Gasteiger partial charge in [-0.05, 0) is 44.5 Å². The fourth-order valence-electron chi connectivity index (χ4n) is 2.82. The smallest absolute Gasteiger partial charge is 0.419 e. The van der Waals surface area contributed by atoms with Crippen LogP contribution in [0.5, 0.6) is 0 Å². The SMILES string of the molecule is Cn1nc(Cc2ccc(NSNC(=O)OC(C)(C)C)cc2)c2ccccc2c1=O. The number of carbonyl (C=O) groups excluding carboxylic acids is 1. The number of amides is 1. The van der Waals surface area contributed by atoms with E-state index in [9.17, 15) is 9.59 Å². The summed E-state index contributed by atoms with van der Waals surface area (Å²) >= 11 is 1.05. The fourth-order valence-corrected chi connectivity index (χ4v) is 3.25. The first kappa shape index (κ1) is 20.7. The van der Waals surface area contributed by atoms with Gasteiger partial charge in [-0.1, -0.05) is 30.3 Å².